The third-order valence-corrected chi connectivity index (χ3v) is 3.11. The van der Waals surface area contributed by atoms with E-state index in [9.17, 15) is 13.2 Å². The van der Waals surface area contributed by atoms with Crippen molar-refractivity contribution in [3.8, 4) is 0 Å². The van der Waals surface area contributed by atoms with Crippen LogP contribution in [-0.4, -0.2) is 25.8 Å². The maximum atomic E-state index is 12.4. The second-order valence-corrected chi connectivity index (χ2v) is 5.05. The van der Waals surface area contributed by atoms with E-state index in [1.165, 1.54) is 11.9 Å². The summed E-state index contributed by atoms with van der Waals surface area (Å²) in [5.41, 5.74) is 7.13. The van der Waals surface area contributed by atoms with Crippen LogP contribution in [0.2, 0.25) is 5.02 Å². The third-order valence-electron chi connectivity index (χ3n) is 2.88. The number of nitrogens with zero attached hydrogens (tertiary/aromatic N) is 1. The summed E-state index contributed by atoms with van der Waals surface area (Å²) in [6, 6.07) is 4.78. The number of anilines is 1. The topological polar surface area (TPSA) is 29.3 Å². The first-order chi connectivity index (χ1) is 8.73. The molecule has 19 heavy (non-hydrogen) atoms. The zero-order valence-corrected chi connectivity index (χ0v) is 11.7. The Morgan fingerprint density at radius 3 is 2.53 bits per heavy atom. The van der Waals surface area contributed by atoms with Gasteiger partial charge in [-0.1, -0.05) is 18.5 Å². The van der Waals surface area contributed by atoms with Crippen molar-refractivity contribution < 1.29 is 13.2 Å². The van der Waals surface area contributed by atoms with Crippen LogP contribution in [0, 0.1) is 0 Å². The minimum atomic E-state index is -4.24. The second-order valence-electron chi connectivity index (χ2n) is 4.62. The average molecular weight is 295 g/mol. The van der Waals surface area contributed by atoms with E-state index in [0.29, 0.717) is 17.1 Å². The van der Waals surface area contributed by atoms with E-state index in [4.69, 9.17) is 17.3 Å². The number of halogens is 4. The molecule has 0 saturated heterocycles. The number of nitrogens with two attached hydrogens (primary N) is 1. The van der Waals surface area contributed by atoms with E-state index >= 15 is 0 Å². The molecule has 2 nitrogen and oxygen atoms in total. The Morgan fingerprint density at radius 2 is 2.00 bits per heavy atom. The predicted octanol–water partition coefficient (Wildman–Crippen LogP) is 3.62. The summed E-state index contributed by atoms with van der Waals surface area (Å²) in [6.07, 6.45) is -2.97. The van der Waals surface area contributed by atoms with E-state index < -0.39 is 12.7 Å². The van der Waals surface area contributed by atoms with Crippen molar-refractivity contribution >= 4 is 17.3 Å². The quantitative estimate of drug-likeness (QED) is 0.899. The van der Waals surface area contributed by atoms with E-state index in [1.807, 2.05) is 6.92 Å². The molecule has 1 rings (SSSR count). The maximum Gasteiger partial charge on any atom is 0.405 e. The molecule has 0 aliphatic carbocycles. The minimum Gasteiger partial charge on any atom is -0.365 e. The molecule has 1 unspecified atom stereocenters. The van der Waals surface area contributed by atoms with Crippen molar-refractivity contribution in [1.29, 1.82) is 0 Å². The van der Waals surface area contributed by atoms with Gasteiger partial charge in [0.15, 0.2) is 0 Å². The summed E-state index contributed by atoms with van der Waals surface area (Å²) in [6.45, 7) is 0.942. The summed E-state index contributed by atoms with van der Waals surface area (Å²) in [5.74, 6) is 0. The Bertz CT molecular complexity index is 421. The molecular weight excluding hydrogens is 277 g/mol. The van der Waals surface area contributed by atoms with Crippen LogP contribution in [0.15, 0.2) is 18.2 Å². The van der Waals surface area contributed by atoms with E-state index in [2.05, 4.69) is 0 Å². The molecule has 0 saturated carbocycles. The zero-order valence-electron chi connectivity index (χ0n) is 11.0. The predicted molar refractivity (Wildman–Crippen MR) is 72.7 cm³/mol. The summed E-state index contributed by atoms with van der Waals surface area (Å²) < 4.78 is 37.3. The van der Waals surface area contributed by atoms with Gasteiger partial charge in [0.2, 0.25) is 0 Å². The molecule has 1 atom stereocenters. The molecule has 0 aliphatic rings. The van der Waals surface area contributed by atoms with Gasteiger partial charge < -0.3 is 10.6 Å². The molecule has 0 radical (unpaired) electrons. The Morgan fingerprint density at radius 1 is 1.37 bits per heavy atom. The molecule has 0 amide bonds. The van der Waals surface area contributed by atoms with E-state index in [1.54, 1.807) is 18.2 Å². The van der Waals surface area contributed by atoms with Crippen molar-refractivity contribution in [2.45, 2.75) is 32.0 Å². The molecule has 0 aliphatic heterocycles. The van der Waals surface area contributed by atoms with Crippen LogP contribution in [-0.2, 0) is 6.42 Å². The highest BCUT2D eigenvalue weighted by atomic mass is 35.5. The normalized spacial score (nSPS) is 13.4. The van der Waals surface area contributed by atoms with Crippen LogP contribution in [0.4, 0.5) is 18.9 Å². The molecule has 2 N–H and O–H groups in total. The lowest BCUT2D eigenvalue weighted by atomic mass is 10.0. The van der Waals surface area contributed by atoms with Crippen molar-refractivity contribution in [3.05, 3.63) is 28.8 Å². The first-order valence-electron chi connectivity index (χ1n) is 6.05. The fourth-order valence-corrected chi connectivity index (χ4v) is 2.07. The van der Waals surface area contributed by atoms with Gasteiger partial charge in [0.25, 0.3) is 0 Å². The van der Waals surface area contributed by atoms with Crippen molar-refractivity contribution in [1.82, 2.24) is 0 Å². The van der Waals surface area contributed by atoms with E-state index in [-0.39, 0.29) is 6.04 Å². The molecule has 1 aromatic rings. The lowest BCUT2D eigenvalue weighted by Crippen LogP contribution is -2.32. The number of hydrogen-bond donors (Lipinski definition) is 1. The SMILES string of the molecule is CCC(N)Cc1cc(Cl)ccc1N(C)CC(F)(F)F. The molecule has 0 aromatic heterocycles. The average Bonchev–Trinajstić information content (AvgIpc) is 2.26. The molecule has 0 heterocycles. The monoisotopic (exact) mass is 294 g/mol. The highest BCUT2D eigenvalue weighted by Gasteiger charge is 2.30. The highest BCUT2D eigenvalue weighted by Crippen LogP contribution is 2.27. The number of rotatable bonds is 5. The fourth-order valence-electron chi connectivity index (χ4n) is 1.87. The maximum absolute atomic E-state index is 12.4. The summed E-state index contributed by atoms with van der Waals surface area (Å²) in [7, 11) is 1.41. The minimum absolute atomic E-state index is 0.0866. The number of benzene rings is 1. The molecule has 0 spiro atoms. The van der Waals surface area contributed by atoms with Gasteiger partial charge >= 0.3 is 6.18 Å². The molecule has 0 bridgehead atoms. The van der Waals surface area contributed by atoms with Crippen molar-refractivity contribution in [3.63, 3.8) is 0 Å². The Balaban J connectivity index is 2.98. The largest absolute Gasteiger partial charge is 0.405 e. The van der Waals surface area contributed by atoms with Crippen LogP contribution < -0.4 is 10.6 Å². The number of hydrogen-bond acceptors (Lipinski definition) is 2. The van der Waals surface area contributed by atoms with Gasteiger partial charge in [-0.05, 0) is 36.6 Å². The van der Waals surface area contributed by atoms with Gasteiger partial charge in [-0.25, -0.2) is 0 Å². The molecular formula is C13H18ClF3N2. The lowest BCUT2D eigenvalue weighted by Gasteiger charge is -2.24. The summed E-state index contributed by atoms with van der Waals surface area (Å²) in [4.78, 5) is 1.17. The summed E-state index contributed by atoms with van der Waals surface area (Å²) >= 11 is 5.90. The smallest absolute Gasteiger partial charge is 0.365 e. The molecule has 1 aromatic carbocycles. The lowest BCUT2D eigenvalue weighted by molar-refractivity contribution is -0.119. The van der Waals surface area contributed by atoms with Crippen LogP contribution >= 0.6 is 11.6 Å². The standard InChI is InChI=1S/C13H18ClF3N2/c1-3-11(18)7-9-6-10(14)4-5-12(9)19(2)8-13(15,16)17/h4-6,11H,3,7-8,18H2,1-2H3. The molecule has 108 valence electrons. The second kappa shape index (κ2) is 6.48. The van der Waals surface area contributed by atoms with Crippen LogP contribution in [0.5, 0.6) is 0 Å². The van der Waals surface area contributed by atoms with Crippen molar-refractivity contribution in [2.24, 2.45) is 5.73 Å². The van der Waals surface area contributed by atoms with Gasteiger partial charge in [0, 0.05) is 23.8 Å². The zero-order chi connectivity index (χ0) is 14.6. The van der Waals surface area contributed by atoms with Gasteiger partial charge in [-0.2, -0.15) is 13.2 Å². The van der Waals surface area contributed by atoms with Gasteiger partial charge in [0.05, 0.1) is 0 Å². The first-order valence-corrected chi connectivity index (χ1v) is 6.42. The first kappa shape index (κ1) is 16.1. The Kier molecular flexibility index (Phi) is 5.50. The Hall–Kier alpha value is -0.940. The Labute approximate surface area is 116 Å². The fraction of sp³-hybridized carbons (Fsp3) is 0.538. The third kappa shape index (κ3) is 5.28. The van der Waals surface area contributed by atoms with Crippen LogP contribution in [0.3, 0.4) is 0 Å². The van der Waals surface area contributed by atoms with Crippen LogP contribution in [0.25, 0.3) is 0 Å². The van der Waals surface area contributed by atoms with Crippen molar-refractivity contribution in [2.75, 3.05) is 18.5 Å². The number of alkyl halides is 3. The van der Waals surface area contributed by atoms with Gasteiger partial charge in [-0.3, -0.25) is 0 Å². The molecule has 6 heteroatoms. The van der Waals surface area contributed by atoms with E-state index in [0.717, 1.165) is 12.0 Å². The summed E-state index contributed by atoms with van der Waals surface area (Å²) in [5, 5.41) is 0.502. The highest BCUT2D eigenvalue weighted by molar-refractivity contribution is 6.30. The van der Waals surface area contributed by atoms with Gasteiger partial charge in [0.1, 0.15) is 6.54 Å². The molecule has 0 fully saturated rings. The van der Waals surface area contributed by atoms with Gasteiger partial charge in [-0.15, -0.1) is 0 Å². The van der Waals surface area contributed by atoms with Crippen LogP contribution in [0.1, 0.15) is 18.9 Å².